The summed E-state index contributed by atoms with van der Waals surface area (Å²) in [7, 11) is -3.19. The van der Waals surface area contributed by atoms with Gasteiger partial charge in [0.2, 0.25) is 11.8 Å². The molecule has 41 heavy (non-hydrogen) atoms. The second-order valence-corrected chi connectivity index (χ2v) is 10.9. The normalized spacial score (nSPS) is 12.2. The SMILES string of the molecule is COc1ncc(Cl)cc1S(=O)(=O)Nc1ccc(F)c(-c2ccc3nc(NC(CO)c4ccccc4)ncc3c2)c1F. The molecule has 9 nitrogen and oxygen atoms in total. The lowest BCUT2D eigenvalue weighted by molar-refractivity contribution is 0.276. The number of fused-ring (bicyclic) bond motifs is 1. The lowest BCUT2D eigenvalue weighted by atomic mass is 10.0. The summed E-state index contributed by atoms with van der Waals surface area (Å²) in [5, 5.41) is 13.4. The molecule has 2 aromatic heterocycles. The zero-order valence-corrected chi connectivity index (χ0v) is 22.9. The molecule has 0 aliphatic carbocycles. The zero-order valence-electron chi connectivity index (χ0n) is 21.3. The number of aliphatic hydroxyl groups is 1. The number of aliphatic hydroxyl groups excluding tert-OH is 1. The van der Waals surface area contributed by atoms with Crippen molar-refractivity contribution >= 4 is 44.2 Å². The van der Waals surface area contributed by atoms with Crippen LogP contribution in [0.5, 0.6) is 5.88 Å². The summed E-state index contributed by atoms with van der Waals surface area (Å²) in [6.45, 7) is -0.191. The van der Waals surface area contributed by atoms with E-state index in [-0.39, 0.29) is 29.0 Å². The first-order valence-corrected chi connectivity index (χ1v) is 14.0. The third-order valence-electron chi connectivity index (χ3n) is 6.16. The lowest BCUT2D eigenvalue weighted by Gasteiger charge is -2.17. The Balaban J connectivity index is 1.46. The Morgan fingerprint density at radius 2 is 1.80 bits per heavy atom. The second-order valence-electron chi connectivity index (χ2n) is 8.81. The smallest absolute Gasteiger partial charge is 0.267 e. The number of sulfonamides is 1. The van der Waals surface area contributed by atoms with Gasteiger partial charge in [0.15, 0.2) is 10.7 Å². The van der Waals surface area contributed by atoms with Crippen LogP contribution in [0, 0.1) is 11.6 Å². The minimum absolute atomic E-state index is 0.0233. The molecule has 0 fully saturated rings. The first-order chi connectivity index (χ1) is 19.7. The molecule has 210 valence electrons. The molecule has 3 N–H and O–H groups in total. The van der Waals surface area contributed by atoms with Crippen molar-refractivity contribution in [3.63, 3.8) is 0 Å². The number of nitrogens with zero attached hydrogens (tertiary/aromatic N) is 3. The molecule has 1 unspecified atom stereocenters. The van der Waals surface area contributed by atoms with Gasteiger partial charge in [-0.1, -0.05) is 48.0 Å². The van der Waals surface area contributed by atoms with Gasteiger partial charge < -0.3 is 15.2 Å². The van der Waals surface area contributed by atoms with Gasteiger partial charge >= 0.3 is 0 Å². The van der Waals surface area contributed by atoms with Gasteiger partial charge in [-0.05, 0) is 41.5 Å². The van der Waals surface area contributed by atoms with Crippen LogP contribution in [0.1, 0.15) is 11.6 Å². The quantitative estimate of drug-likeness (QED) is 0.201. The molecule has 5 aromatic rings. The number of pyridine rings is 1. The van der Waals surface area contributed by atoms with E-state index in [1.807, 2.05) is 30.3 Å². The number of ether oxygens (including phenoxy) is 1. The number of methoxy groups -OCH3 is 1. The number of hydrogen-bond acceptors (Lipinski definition) is 8. The van der Waals surface area contributed by atoms with Gasteiger partial charge in [0.25, 0.3) is 10.0 Å². The molecule has 13 heteroatoms. The van der Waals surface area contributed by atoms with Crippen LogP contribution < -0.4 is 14.8 Å². The summed E-state index contributed by atoms with van der Waals surface area (Å²) < 4.78 is 63.7. The van der Waals surface area contributed by atoms with E-state index in [4.69, 9.17) is 16.3 Å². The van der Waals surface area contributed by atoms with Crippen molar-refractivity contribution in [1.29, 1.82) is 0 Å². The Kier molecular flexibility index (Phi) is 7.97. The number of rotatable bonds is 9. The van der Waals surface area contributed by atoms with Gasteiger partial charge in [0.05, 0.1) is 41.5 Å². The topological polar surface area (TPSA) is 126 Å². The number of halogens is 3. The molecule has 0 amide bonds. The average molecular weight is 598 g/mol. The standard InChI is InChI=1S/C28H22ClF2N5O4S/c1-40-27-24(12-19(29)14-32-27)41(38,39)36-22-10-8-20(30)25(26(22)31)17-7-9-21-18(11-17)13-33-28(34-21)35-23(15-37)16-5-3-2-4-6-16/h2-14,23,36-37H,15H2,1H3,(H,33,34,35). The highest BCUT2D eigenvalue weighted by molar-refractivity contribution is 7.92. The molecule has 0 saturated carbocycles. The number of anilines is 2. The van der Waals surface area contributed by atoms with Crippen LogP contribution in [-0.4, -0.2) is 42.2 Å². The van der Waals surface area contributed by atoms with E-state index in [0.717, 1.165) is 23.8 Å². The Labute approximate surface area is 238 Å². The fourth-order valence-electron chi connectivity index (χ4n) is 4.18. The predicted molar refractivity (Wildman–Crippen MR) is 151 cm³/mol. The summed E-state index contributed by atoms with van der Waals surface area (Å²) in [6, 6.07) is 16.4. The minimum atomic E-state index is -4.41. The van der Waals surface area contributed by atoms with Crippen molar-refractivity contribution in [3.05, 3.63) is 101 Å². The Bertz CT molecular complexity index is 1850. The van der Waals surface area contributed by atoms with Crippen molar-refractivity contribution in [1.82, 2.24) is 15.0 Å². The molecule has 0 bridgehead atoms. The van der Waals surface area contributed by atoms with E-state index in [9.17, 15) is 17.9 Å². The largest absolute Gasteiger partial charge is 0.480 e. The fraction of sp³-hybridized carbons (Fsp3) is 0.107. The molecule has 0 aliphatic rings. The lowest BCUT2D eigenvalue weighted by Crippen LogP contribution is -2.16. The first kappa shape index (κ1) is 28.1. The van der Waals surface area contributed by atoms with E-state index in [0.29, 0.717) is 10.9 Å². The van der Waals surface area contributed by atoms with Crippen LogP contribution in [0.4, 0.5) is 20.4 Å². The summed E-state index contributed by atoms with van der Waals surface area (Å²) >= 11 is 5.90. The van der Waals surface area contributed by atoms with Gasteiger partial charge in [0, 0.05) is 17.8 Å². The maximum absolute atomic E-state index is 15.6. The Morgan fingerprint density at radius 1 is 1.02 bits per heavy atom. The van der Waals surface area contributed by atoms with Gasteiger partial charge in [-0.3, -0.25) is 4.72 Å². The number of benzene rings is 3. The fourth-order valence-corrected chi connectivity index (χ4v) is 5.61. The van der Waals surface area contributed by atoms with Crippen molar-refractivity contribution in [2.45, 2.75) is 10.9 Å². The van der Waals surface area contributed by atoms with Gasteiger partial charge in [-0.15, -0.1) is 0 Å². The molecule has 2 heterocycles. The minimum Gasteiger partial charge on any atom is -0.480 e. The molecular weight excluding hydrogens is 576 g/mol. The highest BCUT2D eigenvalue weighted by atomic mass is 35.5. The van der Waals surface area contributed by atoms with E-state index in [1.165, 1.54) is 31.6 Å². The second kappa shape index (κ2) is 11.6. The molecule has 0 aliphatic heterocycles. The van der Waals surface area contributed by atoms with Crippen LogP contribution in [0.15, 0.2) is 84.0 Å². The highest BCUT2D eigenvalue weighted by Gasteiger charge is 2.25. The van der Waals surface area contributed by atoms with Crippen LogP contribution >= 0.6 is 11.6 Å². The van der Waals surface area contributed by atoms with E-state index >= 15 is 4.39 Å². The number of aromatic nitrogens is 3. The van der Waals surface area contributed by atoms with Gasteiger partial charge in [0.1, 0.15) is 5.82 Å². The Hall–Kier alpha value is -4.39. The molecule has 1 atom stereocenters. The molecule has 3 aromatic carbocycles. The summed E-state index contributed by atoms with van der Waals surface area (Å²) in [6.07, 6.45) is 2.68. The average Bonchev–Trinajstić information content (AvgIpc) is 2.98. The van der Waals surface area contributed by atoms with Gasteiger partial charge in [-0.25, -0.2) is 32.2 Å². The Morgan fingerprint density at radius 3 is 2.54 bits per heavy atom. The number of nitrogens with one attached hydrogen (secondary N) is 2. The molecule has 5 rings (SSSR count). The first-order valence-electron chi connectivity index (χ1n) is 12.1. The van der Waals surface area contributed by atoms with E-state index in [2.05, 4.69) is 25.0 Å². The van der Waals surface area contributed by atoms with Crippen molar-refractivity contribution in [2.75, 3.05) is 23.8 Å². The monoisotopic (exact) mass is 597 g/mol. The zero-order chi connectivity index (χ0) is 29.1. The van der Waals surface area contributed by atoms with Crippen LogP contribution in [0.25, 0.3) is 22.0 Å². The van der Waals surface area contributed by atoms with Crippen molar-refractivity contribution in [2.24, 2.45) is 0 Å². The summed E-state index contributed by atoms with van der Waals surface area (Å²) in [5.41, 5.74) is 0.525. The number of hydrogen-bond donors (Lipinski definition) is 3. The highest BCUT2D eigenvalue weighted by Crippen LogP contribution is 2.34. The summed E-state index contributed by atoms with van der Waals surface area (Å²) in [4.78, 5) is 12.1. The van der Waals surface area contributed by atoms with Crippen LogP contribution in [0.2, 0.25) is 5.02 Å². The maximum atomic E-state index is 15.6. The van der Waals surface area contributed by atoms with Crippen LogP contribution in [0.3, 0.4) is 0 Å². The third kappa shape index (κ3) is 5.89. The van der Waals surface area contributed by atoms with Crippen LogP contribution in [-0.2, 0) is 10.0 Å². The summed E-state index contributed by atoms with van der Waals surface area (Å²) in [5.74, 6) is -2.02. The molecule has 0 spiro atoms. The van der Waals surface area contributed by atoms with Crippen molar-refractivity contribution in [3.8, 4) is 17.0 Å². The molecular formula is C28H22ClF2N5O4S. The van der Waals surface area contributed by atoms with E-state index < -0.39 is 43.8 Å². The molecule has 0 radical (unpaired) electrons. The predicted octanol–water partition coefficient (Wildman–Crippen LogP) is 5.58. The van der Waals surface area contributed by atoms with Gasteiger partial charge in [-0.2, -0.15) is 0 Å². The van der Waals surface area contributed by atoms with E-state index in [1.54, 1.807) is 6.07 Å². The third-order valence-corrected chi connectivity index (χ3v) is 7.73. The maximum Gasteiger partial charge on any atom is 0.267 e. The molecule has 0 saturated heterocycles. The van der Waals surface area contributed by atoms with Crippen molar-refractivity contribution < 1.29 is 27.0 Å².